The van der Waals surface area contributed by atoms with E-state index in [1.807, 2.05) is 0 Å². The Morgan fingerprint density at radius 3 is 0.905 bits per heavy atom. The van der Waals surface area contributed by atoms with Gasteiger partial charge in [0.1, 0.15) is 0 Å². The fourth-order valence-electron chi connectivity index (χ4n) is 9.12. The molecular formula is C40H26Si2. The molecule has 0 radical (unpaired) electrons. The molecule has 10 rings (SSSR count). The maximum atomic E-state index is 2.52. The van der Waals surface area contributed by atoms with Crippen LogP contribution in [0.2, 0.25) is 0 Å². The highest BCUT2D eigenvalue weighted by atomic mass is 29.3. The molecule has 0 nitrogen and oxygen atoms in total. The zero-order chi connectivity index (χ0) is 27.5. The molecule has 0 unspecified atom stereocenters. The highest BCUT2D eigenvalue weighted by Crippen LogP contribution is 2.39. The van der Waals surface area contributed by atoms with Gasteiger partial charge >= 0.3 is 0 Å². The second-order valence-corrected chi connectivity index (χ2v) is 22.7. The number of hydrogen-bond acceptors (Lipinski definition) is 0. The number of fused-ring (bicyclic) bond motifs is 7. The minimum Gasteiger partial charge on any atom is -0.0618 e. The predicted octanol–water partition coefficient (Wildman–Crippen LogP) is 5.65. The average Bonchev–Trinajstić information content (AvgIpc) is 3.48. The van der Waals surface area contributed by atoms with Gasteiger partial charge in [-0.3, -0.25) is 0 Å². The van der Waals surface area contributed by atoms with Gasteiger partial charge in [-0.1, -0.05) is 158 Å². The summed E-state index contributed by atoms with van der Waals surface area (Å²) in [5, 5.41) is 20.9. The van der Waals surface area contributed by atoms with Gasteiger partial charge in [0.05, 0.1) is 0 Å². The molecule has 194 valence electrons. The molecule has 0 fully saturated rings. The van der Waals surface area contributed by atoms with Gasteiger partial charge in [0.15, 0.2) is 15.2 Å². The molecule has 0 aliphatic carbocycles. The van der Waals surface area contributed by atoms with Crippen LogP contribution in [0.3, 0.4) is 0 Å². The van der Waals surface area contributed by atoms with Crippen LogP contribution < -0.4 is 31.1 Å². The van der Waals surface area contributed by atoms with Gasteiger partial charge in [-0.25, -0.2) is 0 Å². The van der Waals surface area contributed by atoms with Crippen LogP contribution in [0.5, 0.6) is 0 Å². The van der Waals surface area contributed by atoms with Crippen LogP contribution >= 0.6 is 0 Å². The first-order valence-electron chi connectivity index (χ1n) is 14.9. The van der Waals surface area contributed by atoms with E-state index in [9.17, 15) is 0 Å². The highest BCUT2D eigenvalue weighted by Gasteiger charge is 2.70. The monoisotopic (exact) mass is 562 g/mol. The number of rotatable bonds is 2. The first kappa shape index (κ1) is 22.9. The van der Waals surface area contributed by atoms with E-state index < -0.39 is 15.2 Å². The molecule has 42 heavy (non-hydrogen) atoms. The van der Waals surface area contributed by atoms with Crippen LogP contribution in [0.25, 0.3) is 43.1 Å². The lowest BCUT2D eigenvalue weighted by Crippen LogP contribution is -2.88. The van der Waals surface area contributed by atoms with E-state index in [0.717, 1.165) is 0 Å². The summed E-state index contributed by atoms with van der Waals surface area (Å²) in [6, 6.07) is 61.3. The minimum atomic E-state index is -2.72. The van der Waals surface area contributed by atoms with Crippen molar-refractivity contribution in [3.63, 3.8) is 0 Å². The summed E-state index contributed by atoms with van der Waals surface area (Å²) >= 11 is 0. The van der Waals surface area contributed by atoms with Crippen LogP contribution in [0, 0.1) is 0 Å². The van der Waals surface area contributed by atoms with Gasteiger partial charge in [-0.05, 0) is 74.2 Å². The van der Waals surface area contributed by atoms with Crippen LogP contribution in [0.1, 0.15) is 0 Å². The third kappa shape index (κ3) is 2.43. The summed E-state index contributed by atoms with van der Waals surface area (Å²) in [6.07, 6.45) is 0. The summed E-state index contributed by atoms with van der Waals surface area (Å²) in [6.45, 7) is 0. The lowest BCUT2D eigenvalue weighted by molar-refractivity contribution is 1.76. The summed E-state index contributed by atoms with van der Waals surface area (Å²) < 4.78 is 0. The molecule has 0 bridgehead atoms. The fraction of sp³-hybridized carbons (Fsp3) is 0. The van der Waals surface area contributed by atoms with Crippen LogP contribution in [-0.2, 0) is 0 Å². The minimum absolute atomic E-state index is 1.34. The van der Waals surface area contributed by atoms with Crippen molar-refractivity contribution < 1.29 is 0 Å². The zero-order valence-corrected chi connectivity index (χ0v) is 25.0. The second kappa shape index (κ2) is 7.95. The molecule has 0 spiro atoms. The maximum absolute atomic E-state index is 2.72. The van der Waals surface area contributed by atoms with E-state index in [2.05, 4.69) is 158 Å². The Bertz CT molecular complexity index is 2180. The Hall–Kier alpha value is -4.77. The van der Waals surface area contributed by atoms with Crippen molar-refractivity contribution in [1.29, 1.82) is 0 Å². The zero-order valence-electron chi connectivity index (χ0n) is 23.0. The van der Waals surface area contributed by atoms with Crippen molar-refractivity contribution in [3.05, 3.63) is 158 Å². The molecule has 2 aliphatic rings. The van der Waals surface area contributed by atoms with E-state index in [4.69, 9.17) is 0 Å². The topological polar surface area (TPSA) is 0 Å². The Morgan fingerprint density at radius 1 is 0.238 bits per heavy atom. The Labute approximate surface area is 246 Å². The molecule has 8 aromatic carbocycles. The van der Waals surface area contributed by atoms with E-state index in [1.54, 1.807) is 31.1 Å². The van der Waals surface area contributed by atoms with Gasteiger partial charge in [-0.2, -0.15) is 0 Å². The van der Waals surface area contributed by atoms with Crippen molar-refractivity contribution in [3.8, 4) is 0 Å². The average molecular weight is 563 g/mol. The standard InChI is InChI=1S/C40H26Si2/c1-3-19-31-27(11-1)13-5-21-33(31)41-35-23-7-15-29-17-9-25-37(39(29)35)42(41,34-22-6-14-28-12-2-4-20-32(28)34)38-26-10-18-30-16-8-24-36(41)40(30)38/h1-26H. The van der Waals surface area contributed by atoms with Gasteiger partial charge in [0.25, 0.3) is 0 Å². The van der Waals surface area contributed by atoms with E-state index in [0.29, 0.717) is 0 Å². The largest absolute Gasteiger partial charge is 0.156 e. The lowest BCUT2D eigenvalue weighted by atomic mass is 10.1. The Kier molecular flexibility index (Phi) is 4.33. The van der Waals surface area contributed by atoms with Crippen molar-refractivity contribution in [2.75, 3.05) is 0 Å². The molecule has 8 aromatic rings. The quantitative estimate of drug-likeness (QED) is 0.239. The van der Waals surface area contributed by atoms with Crippen molar-refractivity contribution in [2.24, 2.45) is 0 Å². The van der Waals surface area contributed by atoms with Gasteiger partial charge in [0.2, 0.25) is 0 Å². The first-order valence-corrected chi connectivity index (χ1v) is 19.9. The molecule has 0 amide bonds. The van der Waals surface area contributed by atoms with Gasteiger partial charge < -0.3 is 0 Å². The maximum Gasteiger partial charge on any atom is 0.156 e. The molecule has 0 saturated heterocycles. The van der Waals surface area contributed by atoms with E-state index in [-0.39, 0.29) is 0 Å². The SMILES string of the molecule is c1ccc2c([Si]34c5cccc6cccc(c56)[Si]3(c3cccc5ccccc35)c3cccc5cccc4c35)cccc2c1. The molecule has 2 aliphatic heterocycles. The normalized spacial score (nSPS) is 20.1. The highest BCUT2D eigenvalue weighted by molar-refractivity contribution is 7.71. The Morgan fingerprint density at radius 2 is 0.524 bits per heavy atom. The molecule has 0 N–H and O–H groups in total. The number of hydrogen-bond donors (Lipinski definition) is 0. The number of benzene rings is 8. The van der Waals surface area contributed by atoms with E-state index >= 15 is 0 Å². The molecule has 2 heterocycles. The van der Waals surface area contributed by atoms with Crippen LogP contribution in [-0.4, -0.2) is 15.2 Å². The van der Waals surface area contributed by atoms with Crippen molar-refractivity contribution in [1.82, 2.24) is 0 Å². The third-order valence-electron chi connectivity index (χ3n) is 10.4. The van der Waals surface area contributed by atoms with Crippen LogP contribution in [0.15, 0.2) is 158 Å². The van der Waals surface area contributed by atoms with Gasteiger partial charge in [-0.15, -0.1) is 0 Å². The Balaban J connectivity index is 1.56. The molecule has 0 saturated carbocycles. The van der Waals surface area contributed by atoms with Crippen molar-refractivity contribution in [2.45, 2.75) is 0 Å². The third-order valence-corrected chi connectivity index (χ3v) is 27.1. The summed E-state index contributed by atoms with van der Waals surface area (Å²) in [7, 11) is -5.43. The summed E-state index contributed by atoms with van der Waals surface area (Å²) in [4.78, 5) is 0. The molecule has 0 aromatic heterocycles. The van der Waals surface area contributed by atoms with Gasteiger partial charge in [0, 0.05) is 0 Å². The molecule has 2 heteroatoms. The lowest BCUT2D eigenvalue weighted by Gasteiger charge is -2.42. The first-order chi connectivity index (χ1) is 20.8. The molecular weight excluding hydrogens is 537 g/mol. The molecule has 0 atom stereocenters. The second-order valence-electron chi connectivity index (χ2n) is 12.0. The van der Waals surface area contributed by atoms with Crippen molar-refractivity contribution >= 4 is 89.4 Å². The fourth-order valence-corrected chi connectivity index (χ4v) is 30.6. The summed E-state index contributed by atoms with van der Waals surface area (Å²) in [5.41, 5.74) is 0. The van der Waals surface area contributed by atoms with E-state index in [1.165, 1.54) is 43.1 Å². The van der Waals surface area contributed by atoms with Crippen LogP contribution in [0.4, 0.5) is 0 Å². The predicted molar refractivity (Wildman–Crippen MR) is 185 cm³/mol. The smallest absolute Gasteiger partial charge is 0.0618 e. The summed E-state index contributed by atoms with van der Waals surface area (Å²) in [5.74, 6) is 0.